The van der Waals surface area contributed by atoms with Gasteiger partial charge in [-0.15, -0.1) is 0 Å². The summed E-state index contributed by atoms with van der Waals surface area (Å²) < 4.78 is 45.2. The predicted molar refractivity (Wildman–Crippen MR) is 76.2 cm³/mol. The number of ether oxygens (including phenoxy) is 1. The van der Waals surface area contributed by atoms with Gasteiger partial charge in [0.2, 0.25) is 0 Å². The topological polar surface area (TPSA) is 47.3 Å². The second kappa shape index (κ2) is 5.95. The van der Waals surface area contributed by atoms with Gasteiger partial charge in [-0.05, 0) is 38.1 Å². The summed E-state index contributed by atoms with van der Waals surface area (Å²) in [6.45, 7) is 3.68. The zero-order valence-corrected chi connectivity index (χ0v) is 11.6. The van der Waals surface area contributed by atoms with Crippen molar-refractivity contribution in [1.82, 2.24) is 0 Å². The number of halogens is 3. The maximum Gasteiger partial charge on any atom is 0.196 e. The molecule has 0 aromatic heterocycles. The molecule has 0 fully saturated rings. The molecule has 2 aromatic carbocycles. The summed E-state index contributed by atoms with van der Waals surface area (Å²) in [7, 11) is 0. The van der Waals surface area contributed by atoms with E-state index in [4.69, 9.17) is 10.5 Å². The highest BCUT2D eigenvalue weighted by molar-refractivity contribution is 5.67. The second-order valence-corrected chi connectivity index (χ2v) is 4.77. The first-order chi connectivity index (χ1) is 9.88. The molecule has 0 bridgehead atoms. The fraction of sp³-hybridized carbons (Fsp3) is 0.200. The first kappa shape index (κ1) is 15.0. The Morgan fingerprint density at radius 1 is 1.05 bits per heavy atom. The van der Waals surface area contributed by atoms with E-state index < -0.39 is 17.5 Å². The molecule has 2 rings (SSSR count). The molecule has 3 nitrogen and oxygen atoms in total. The van der Waals surface area contributed by atoms with Crippen molar-refractivity contribution in [2.24, 2.45) is 0 Å². The highest BCUT2D eigenvalue weighted by Crippen LogP contribution is 2.29. The number of nitrogens with one attached hydrogen (secondary N) is 1. The average Bonchev–Trinajstić information content (AvgIpc) is 2.42. The Labute approximate surface area is 120 Å². The van der Waals surface area contributed by atoms with E-state index in [2.05, 4.69) is 5.32 Å². The molecule has 0 aliphatic carbocycles. The molecule has 0 radical (unpaired) electrons. The minimum Gasteiger partial charge on any atom is -0.489 e. The summed E-state index contributed by atoms with van der Waals surface area (Å²) in [6, 6.07) is 6.70. The highest BCUT2D eigenvalue weighted by Gasteiger charge is 2.14. The van der Waals surface area contributed by atoms with Gasteiger partial charge in [0.25, 0.3) is 0 Å². The zero-order valence-electron chi connectivity index (χ0n) is 11.6. The van der Waals surface area contributed by atoms with E-state index in [1.807, 2.05) is 13.8 Å². The maximum absolute atomic E-state index is 13.6. The lowest BCUT2D eigenvalue weighted by Gasteiger charge is -2.14. The highest BCUT2D eigenvalue weighted by atomic mass is 19.2. The summed E-state index contributed by atoms with van der Waals surface area (Å²) >= 11 is 0. The number of hydrogen-bond acceptors (Lipinski definition) is 3. The molecule has 21 heavy (non-hydrogen) atoms. The third-order valence-electron chi connectivity index (χ3n) is 2.69. The fourth-order valence-electron chi connectivity index (χ4n) is 1.75. The zero-order chi connectivity index (χ0) is 15.6. The van der Waals surface area contributed by atoms with Crippen LogP contribution >= 0.6 is 0 Å². The van der Waals surface area contributed by atoms with Crippen LogP contribution in [0, 0.1) is 17.5 Å². The van der Waals surface area contributed by atoms with E-state index in [1.165, 1.54) is 0 Å². The SMILES string of the molecule is CC(C)Oc1cc(Nc2ccc(F)c(F)c2F)ccc1N. The molecular formula is C15H15F3N2O. The van der Waals surface area contributed by atoms with Crippen molar-refractivity contribution in [2.45, 2.75) is 20.0 Å². The first-order valence-corrected chi connectivity index (χ1v) is 6.35. The van der Waals surface area contributed by atoms with Gasteiger partial charge in [0.1, 0.15) is 5.75 Å². The van der Waals surface area contributed by atoms with Crippen LogP contribution in [0.2, 0.25) is 0 Å². The molecule has 0 aliphatic heterocycles. The molecule has 2 aromatic rings. The van der Waals surface area contributed by atoms with Gasteiger partial charge in [0.05, 0.1) is 17.5 Å². The Morgan fingerprint density at radius 2 is 1.76 bits per heavy atom. The normalized spacial score (nSPS) is 10.8. The largest absolute Gasteiger partial charge is 0.489 e. The van der Waals surface area contributed by atoms with Gasteiger partial charge in [0.15, 0.2) is 17.5 Å². The van der Waals surface area contributed by atoms with Crippen LogP contribution in [-0.4, -0.2) is 6.10 Å². The van der Waals surface area contributed by atoms with Crippen LogP contribution < -0.4 is 15.8 Å². The van der Waals surface area contributed by atoms with Crippen molar-refractivity contribution in [3.8, 4) is 5.75 Å². The molecule has 0 unspecified atom stereocenters. The summed E-state index contributed by atoms with van der Waals surface area (Å²) in [5.41, 5.74) is 6.48. The fourth-order valence-corrected chi connectivity index (χ4v) is 1.75. The number of nitrogen functional groups attached to an aromatic ring is 1. The Bertz CT molecular complexity index is 660. The summed E-state index contributed by atoms with van der Waals surface area (Å²) in [5, 5.41) is 2.66. The molecule has 0 aliphatic rings. The Hall–Kier alpha value is -2.37. The van der Waals surface area contributed by atoms with E-state index in [1.54, 1.807) is 18.2 Å². The first-order valence-electron chi connectivity index (χ1n) is 6.35. The van der Waals surface area contributed by atoms with Gasteiger partial charge in [0, 0.05) is 11.8 Å². The van der Waals surface area contributed by atoms with Crippen LogP contribution in [0.15, 0.2) is 30.3 Å². The lowest BCUT2D eigenvalue weighted by molar-refractivity contribution is 0.244. The van der Waals surface area contributed by atoms with Crippen molar-refractivity contribution in [3.63, 3.8) is 0 Å². The van der Waals surface area contributed by atoms with Crippen molar-refractivity contribution in [1.29, 1.82) is 0 Å². The van der Waals surface area contributed by atoms with Crippen LogP contribution in [0.25, 0.3) is 0 Å². The van der Waals surface area contributed by atoms with E-state index >= 15 is 0 Å². The molecule has 112 valence electrons. The number of benzene rings is 2. The maximum atomic E-state index is 13.6. The average molecular weight is 296 g/mol. The molecule has 0 spiro atoms. The van der Waals surface area contributed by atoms with Gasteiger partial charge in [-0.1, -0.05) is 0 Å². The minimum absolute atomic E-state index is 0.0810. The Kier molecular flexibility index (Phi) is 4.26. The quantitative estimate of drug-likeness (QED) is 0.656. The molecule has 0 heterocycles. The second-order valence-electron chi connectivity index (χ2n) is 4.77. The third-order valence-corrected chi connectivity index (χ3v) is 2.69. The van der Waals surface area contributed by atoms with E-state index in [0.29, 0.717) is 17.1 Å². The van der Waals surface area contributed by atoms with Crippen molar-refractivity contribution < 1.29 is 17.9 Å². The number of anilines is 3. The van der Waals surface area contributed by atoms with Crippen molar-refractivity contribution in [2.75, 3.05) is 11.1 Å². The lowest BCUT2D eigenvalue weighted by atomic mass is 10.2. The van der Waals surface area contributed by atoms with Gasteiger partial charge < -0.3 is 15.8 Å². The molecule has 6 heteroatoms. The Balaban J connectivity index is 2.30. The molecule has 0 saturated heterocycles. The standard InChI is InChI=1S/C15H15F3N2O/c1-8(2)21-13-7-9(3-5-11(13)19)20-12-6-4-10(16)14(17)15(12)18/h3-8,20H,19H2,1-2H3. The molecular weight excluding hydrogens is 281 g/mol. The summed E-state index contributed by atoms with van der Waals surface area (Å²) in [5.74, 6) is -3.61. The Morgan fingerprint density at radius 3 is 2.43 bits per heavy atom. The van der Waals surface area contributed by atoms with Crippen LogP contribution in [-0.2, 0) is 0 Å². The van der Waals surface area contributed by atoms with Crippen LogP contribution in [0.1, 0.15) is 13.8 Å². The van der Waals surface area contributed by atoms with E-state index in [9.17, 15) is 13.2 Å². The molecule has 0 amide bonds. The van der Waals surface area contributed by atoms with Gasteiger partial charge >= 0.3 is 0 Å². The van der Waals surface area contributed by atoms with Gasteiger partial charge in [-0.3, -0.25) is 0 Å². The van der Waals surface area contributed by atoms with Gasteiger partial charge in [-0.2, -0.15) is 0 Å². The summed E-state index contributed by atoms with van der Waals surface area (Å²) in [4.78, 5) is 0. The molecule has 0 saturated carbocycles. The van der Waals surface area contributed by atoms with Crippen LogP contribution in [0.4, 0.5) is 30.2 Å². The van der Waals surface area contributed by atoms with Crippen LogP contribution in [0.5, 0.6) is 5.75 Å². The van der Waals surface area contributed by atoms with Gasteiger partial charge in [-0.25, -0.2) is 13.2 Å². The van der Waals surface area contributed by atoms with E-state index in [0.717, 1.165) is 12.1 Å². The van der Waals surface area contributed by atoms with Crippen LogP contribution in [0.3, 0.4) is 0 Å². The number of nitrogens with two attached hydrogens (primary N) is 1. The number of hydrogen-bond donors (Lipinski definition) is 2. The molecule has 0 atom stereocenters. The van der Waals surface area contributed by atoms with Crippen molar-refractivity contribution >= 4 is 17.1 Å². The molecule has 3 N–H and O–H groups in total. The lowest BCUT2D eigenvalue weighted by Crippen LogP contribution is -2.08. The smallest absolute Gasteiger partial charge is 0.196 e. The third kappa shape index (κ3) is 3.39. The minimum atomic E-state index is -1.52. The monoisotopic (exact) mass is 296 g/mol. The number of rotatable bonds is 4. The summed E-state index contributed by atoms with van der Waals surface area (Å²) in [6.07, 6.45) is -0.0810. The van der Waals surface area contributed by atoms with E-state index in [-0.39, 0.29) is 11.8 Å². The predicted octanol–water partition coefficient (Wildman–Crippen LogP) is 4.22. The van der Waals surface area contributed by atoms with Crippen molar-refractivity contribution in [3.05, 3.63) is 47.8 Å².